The highest BCUT2D eigenvalue weighted by atomic mass is 79.9. The molecule has 0 bridgehead atoms. The highest BCUT2D eigenvalue weighted by Crippen LogP contribution is 2.36. The van der Waals surface area contributed by atoms with Gasteiger partial charge in [-0.3, -0.25) is 0 Å². The van der Waals surface area contributed by atoms with Crippen molar-refractivity contribution in [2.24, 2.45) is 4.99 Å². The summed E-state index contributed by atoms with van der Waals surface area (Å²) in [5.74, 6) is 0.108. The minimum Gasteiger partial charge on any atom is -0.503 e. The van der Waals surface area contributed by atoms with E-state index in [1.165, 1.54) is 0 Å². The molecule has 5 nitrogen and oxygen atoms in total. The first-order chi connectivity index (χ1) is 12.0. The Hall–Kier alpha value is -2.60. The molecule has 0 amide bonds. The molecule has 3 rings (SSSR count). The first kappa shape index (κ1) is 17.2. The Morgan fingerprint density at radius 2 is 2.00 bits per heavy atom. The molecule has 2 aromatic rings. The van der Waals surface area contributed by atoms with Gasteiger partial charge in [-0.15, -0.1) is 0 Å². The van der Waals surface area contributed by atoms with Crippen molar-refractivity contribution in [2.75, 3.05) is 6.61 Å². The van der Waals surface area contributed by atoms with E-state index in [-0.39, 0.29) is 17.3 Å². The number of carbonyl (C=O) groups is 1. The number of phenols is 1. The van der Waals surface area contributed by atoms with E-state index in [0.29, 0.717) is 22.4 Å². The average Bonchev–Trinajstić information content (AvgIpc) is 2.94. The van der Waals surface area contributed by atoms with Gasteiger partial charge in [0.2, 0.25) is 5.90 Å². The molecule has 0 spiro atoms. The zero-order valence-corrected chi connectivity index (χ0v) is 15.3. The number of nitrogens with zero attached hydrogens (tertiary/aromatic N) is 1. The molecular weight excluding hydrogens is 386 g/mol. The van der Waals surface area contributed by atoms with Crippen LogP contribution in [0.3, 0.4) is 0 Å². The van der Waals surface area contributed by atoms with Crippen LogP contribution in [0.4, 0.5) is 0 Å². The predicted molar refractivity (Wildman–Crippen MR) is 98.8 cm³/mol. The summed E-state index contributed by atoms with van der Waals surface area (Å²) in [4.78, 5) is 16.4. The van der Waals surface area contributed by atoms with Gasteiger partial charge in [0.1, 0.15) is 0 Å². The molecule has 1 N–H and O–H groups in total. The number of benzene rings is 2. The monoisotopic (exact) mass is 401 g/mol. The quantitative estimate of drug-likeness (QED) is 0.615. The number of esters is 1. The molecule has 1 aliphatic heterocycles. The fourth-order valence-electron chi connectivity index (χ4n) is 2.33. The van der Waals surface area contributed by atoms with Crippen LogP contribution in [0.1, 0.15) is 23.6 Å². The average molecular weight is 402 g/mol. The summed E-state index contributed by atoms with van der Waals surface area (Å²) in [6.45, 7) is 4.22. The standard InChI is InChI=1S/C19H16BrNO4/c1-3-24-16-10-12(8-14(20)17(16)22)9-15-19(23)25-18(21-15)13-6-4-11(2)5-7-13/h4-10,22H,3H2,1-2H3/b15-9-. The van der Waals surface area contributed by atoms with Crippen LogP contribution >= 0.6 is 15.9 Å². The summed E-state index contributed by atoms with van der Waals surface area (Å²) in [5, 5.41) is 9.97. The molecule has 128 valence electrons. The smallest absolute Gasteiger partial charge is 0.363 e. The van der Waals surface area contributed by atoms with Crippen LogP contribution in [0.25, 0.3) is 6.08 Å². The minimum atomic E-state index is -0.516. The molecular formula is C19H16BrNO4. The highest BCUT2D eigenvalue weighted by molar-refractivity contribution is 9.10. The molecule has 0 radical (unpaired) electrons. The van der Waals surface area contributed by atoms with Gasteiger partial charge in [-0.05, 0) is 65.7 Å². The molecule has 0 atom stereocenters. The Bertz CT molecular complexity index is 885. The number of hydrogen-bond acceptors (Lipinski definition) is 5. The summed E-state index contributed by atoms with van der Waals surface area (Å²) in [6, 6.07) is 10.9. The Balaban J connectivity index is 1.95. The Kier molecular flexibility index (Phi) is 4.90. The maximum Gasteiger partial charge on any atom is 0.363 e. The van der Waals surface area contributed by atoms with Crippen molar-refractivity contribution in [2.45, 2.75) is 13.8 Å². The lowest BCUT2D eigenvalue weighted by Crippen LogP contribution is -2.05. The number of rotatable bonds is 4. The first-order valence-electron chi connectivity index (χ1n) is 7.73. The molecule has 6 heteroatoms. The molecule has 0 saturated heterocycles. The lowest BCUT2D eigenvalue weighted by Gasteiger charge is -2.08. The van der Waals surface area contributed by atoms with Gasteiger partial charge in [0.25, 0.3) is 0 Å². The van der Waals surface area contributed by atoms with E-state index in [0.717, 1.165) is 11.1 Å². The van der Waals surface area contributed by atoms with Gasteiger partial charge in [0.05, 0.1) is 11.1 Å². The number of ether oxygens (including phenoxy) is 2. The number of cyclic esters (lactones) is 1. The van der Waals surface area contributed by atoms with Crippen LogP contribution in [-0.2, 0) is 9.53 Å². The molecule has 0 saturated carbocycles. The van der Waals surface area contributed by atoms with E-state index >= 15 is 0 Å². The second kappa shape index (κ2) is 7.11. The predicted octanol–water partition coefficient (Wildman–Crippen LogP) is 4.21. The number of halogens is 1. The normalized spacial score (nSPS) is 15.2. The number of aryl methyl sites for hydroxylation is 1. The molecule has 1 heterocycles. The van der Waals surface area contributed by atoms with Crippen molar-refractivity contribution in [1.82, 2.24) is 0 Å². The highest BCUT2D eigenvalue weighted by Gasteiger charge is 2.24. The van der Waals surface area contributed by atoms with Crippen LogP contribution in [0.5, 0.6) is 11.5 Å². The van der Waals surface area contributed by atoms with Crippen LogP contribution in [-0.4, -0.2) is 23.6 Å². The van der Waals surface area contributed by atoms with Crippen molar-refractivity contribution in [3.05, 3.63) is 63.3 Å². The van der Waals surface area contributed by atoms with Crippen LogP contribution < -0.4 is 4.74 Å². The number of phenolic OH excluding ortho intramolecular Hbond substituents is 1. The topological polar surface area (TPSA) is 68.1 Å². The van der Waals surface area contributed by atoms with E-state index < -0.39 is 5.97 Å². The second-order valence-electron chi connectivity index (χ2n) is 5.48. The first-order valence-corrected chi connectivity index (χ1v) is 8.52. The molecule has 1 aliphatic rings. The van der Waals surface area contributed by atoms with Crippen LogP contribution in [0.15, 0.2) is 51.6 Å². The summed E-state index contributed by atoms with van der Waals surface area (Å²) in [6.07, 6.45) is 1.59. The Labute approximate surface area is 153 Å². The lowest BCUT2D eigenvalue weighted by atomic mass is 10.1. The van der Waals surface area contributed by atoms with Gasteiger partial charge in [0.15, 0.2) is 17.2 Å². The van der Waals surface area contributed by atoms with Crippen molar-refractivity contribution in [1.29, 1.82) is 0 Å². The molecule has 25 heavy (non-hydrogen) atoms. The number of hydrogen-bond donors (Lipinski definition) is 1. The largest absolute Gasteiger partial charge is 0.503 e. The third-order valence-electron chi connectivity index (χ3n) is 3.57. The number of aliphatic imine (C=N–C) groups is 1. The Morgan fingerprint density at radius 3 is 2.68 bits per heavy atom. The van der Waals surface area contributed by atoms with E-state index in [9.17, 15) is 9.90 Å². The summed E-state index contributed by atoms with van der Waals surface area (Å²) in [7, 11) is 0. The maximum absolute atomic E-state index is 12.1. The van der Waals surface area contributed by atoms with E-state index in [1.807, 2.05) is 38.1 Å². The van der Waals surface area contributed by atoms with Gasteiger partial charge >= 0.3 is 5.97 Å². The third-order valence-corrected chi connectivity index (χ3v) is 4.18. The zero-order valence-electron chi connectivity index (χ0n) is 13.7. The molecule has 0 aromatic heterocycles. The van der Waals surface area contributed by atoms with Crippen molar-refractivity contribution in [3.8, 4) is 11.5 Å². The zero-order chi connectivity index (χ0) is 18.0. The SMILES string of the molecule is CCOc1cc(/C=C2\N=C(c3ccc(C)cc3)OC2=O)cc(Br)c1O. The number of aromatic hydroxyl groups is 1. The van der Waals surface area contributed by atoms with Gasteiger partial charge < -0.3 is 14.6 Å². The van der Waals surface area contributed by atoms with Crippen LogP contribution in [0, 0.1) is 6.92 Å². The number of carbonyl (C=O) groups excluding carboxylic acids is 1. The van der Waals surface area contributed by atoms with E-state index in [1.54, 1.807) is 18.2 Å². The molecule has 2 aromatic carbocycles. The van der Waals surface area contributed by atoms with Crippen molar-refractivity contribution in [3.63, 3.8) is 0 Å². The minimum absolute atomic E-state index is 0.0156. The van der Waals surface area contributed by atoms with Crippen molar-refractivity contribution < 1.29 is 19.4 Å². The van der Waals surface area contributed by atoms with Gasteiger partial charge in [0, 0.05) is 5.56 Å². The molecule has 0 unspecified atom stereocenters. The summed E-state index contributed by atoms with van der Waals surface area (Å²) >= 11 is 3.28. The third kappa shape index (κ3) is 3.74. The second-order valence-corrected chi connectivity index (χ2v) is 6.34. The van der Waals surface area contributed by atoms with Gasteiger partial charge in [-0.2, -0.15) is 0 Å². The summed E-state index contributed by atoms with van der Waals surface area (Å²) in [5.41, 5.74) is 2.70. The van der Waals surface area contributed by atoms with Gasteiger partial charge in [-0.1, -0.05) is 17.7 Å². The maximum atomic E-state index is 12.1. The van der Waals surface area contributed by atoms with Crippen LogP contribution in [0.2, 0.25) is 0 Å². The molecule has 0 fully saturated rings. The van der Waals surface area contributed by atoms with Crippen molar-refractivity contribution >= 4 is 33.9 Å². The summed E-state index contributed by atoms with van der Waals surface area (Å²) < 4.78 is 11.1. The van der Waals surface area contributed by atoms with E-state index in [2.05, 4.69) is 20.9 Å². The molecule has 0 aliphatic carbocycles. The lowest BCUT2D eigenvalue weighted by molar-refractivity contribution is -0.129. The fourth-order valence-corrected chi connectivity index (χ4v) is 2.79. The fraction of sp³-hybridized carbons (Fsp3) is 0.158. The Morgan fingerprint density at radius 1 is 1.28 bits per heavy atom. The van der Waals surface area contributed by atoms with E-state index in [4.69, 9.17) is 9.47 Å². The van der Waals surface area contributed by atoms with Gasteiger partial charge in [-0.25, -0.2) is 9.79 Å².